The van der Waals surface area contributed by atoms with Crippen LogP contribution in [0.4, 0.5) is 0 Å². The maximum absolute atomic E-state index is 13.7. The highest BCUT2D eigenvalue weighted by Crippen LogP contribution is 2.50. The molecule has 1 aromatic carbocycles. The molecule has 1 aromatic rings. The van der Waals surface area contributed by atoms with Gasteiger partial charge in [0.15, 0.2) is 17.3 Å². The first-order chi connectivity index (χ1) is 14.6. The number of carbonyl (C=O) groups is 4. The summed E-state index contributed by atoms with van der Waals surface area (Å²) in [5.41, 5.74) is 6.76. The molecule has 0 bridgehead atoms. The number of ketones is 4. The van der Waals surface area contributed by atoms with Gasteiger partial charge in [0.25, 0.3) is 0 Å². The average Bonchev–Trinajstić information content (AvgIpc) is 2.66. The van der Waals surface area contributed by atoms with Gasteiger partial charge >= 0.3 is 0 Å². The van der Waals surface area contributed by atoms with E-state index in [0.717, 1.165) is 58.2 Å². The van der Waals surface area contributed by atoms with Crippen molar-refractivity contribution in [1.29, 1.82) is 0 Å². The fourth-order valence-corrected chi connectivity index (χ4v) is 6.24. The molecule has 0 heterocycles. The second-order valence-electron chi connectivity index (χ2n) is 9.68. The number of allylic oxidation sites excluding steroid dienone is 4. The lowest BCUT2D eigenvalue weighted by Gasteiger charge is -2.43. The molecule has 0 aromatic heterocycles. The number of benzene rings is 1. The standard InChI is InChI=1S/C27H30O4/c1-13-6-8-18(9-7-15(3)28)21-12-20-11-19-10-14(2)22(17(5)29)26(30)24(19)16(4)25(20)27(31)23(13)21/h6,8,19-20,24H,7,9-12H2,1-5H3. The van der Waals surface area contributed by atoms with Crippen LogP contribution in [0.15, 0.2) is 34.4 Å². The van der Waals surface area contributed by atoms with Crippen molar-refractivity contribution in [2.45, 2.75) is 66.7 Å². The van der Waals surface area contributed by atoms with Crippen LogP contribution in [0.3, 0.4) is 0 Å². The monoisotopic (exact) mass is 418 g/mol. The van der Waals surface area contributed by atoms with Gasteiger partial charge in [-0.25, -0.2) is 0 Å². The first-order valence-electron chi connectivity index (χ1n) is 11.2. The van der Waals surface area contributed by atoms with Crippen molar-refractivity contribution < 1.29 is 19.2 Å². The van der Waals surface area contributed by atoms with Gasteiger partial charge in [0, 0.05) is 23.5 Å². The van der Waals surface area contributed by atoms with Crippen molar-refractivity contribution in [3.05, 3.63) is 56.7 Å². The van der Waals surface area contributed by atoms with Gasteiger partial charge < -0.3 is 4.79 Å². The number of hydrogen-bond donors (Lipinski definition) is 0. The van der Waals surface area contributed by atoms with E-state index in [2.05, 4.69) is 6.07 Å². The first kappa shape index (κ1) is 21.6. The summed E-state index contributed by atoms with van der Waals surface area (Å²) < 4.78 is 0. The second kappa shape index (κ2) is 7.81. The molecular formula is C27H30O4. The van der Waals surface area contributed by atoms with Gasteiger partial charge in [-0.3, -0.25) is 14.4 Å². The molecule has 0 aliphatic heterocycles. The maximum Gasteiger partial charge on any atom is 0.189 e. The molecule has 3 unspecified atom stereocenters. The fourth-order valence-electron chi connectivity index (χ4n) is 6.24. The van der Waals surface area contributed by atoms with Gasteiger partial charge in [-0.2, -0.15) is 0 Å². The minimum absolute atomic E-state index is 0.0350. The van der Waals surface area contributed by atoms with Crippen LogP contribution in [0.5, 0.6) is 0 Å². The van der Waals surface area contributed by atoms with Gasteiger partial charge in [0.05, 0.1) is 5.57 Å². The van der Waals surface area contributed by atoms with Crippen molar-refractivity contribution in [3.8, 4) is 0 Å². The van der Waals surface area contributed by atoms with Crippen molar-refractivity contribution >= 4 is 23.1 Å². The highest BCUT2D eigenvalue weighted by Gasteiger charge is 2.47. The first-order valence-corrected chi connectivity index (χ1v) is 11.2. The topological polar surface area (TPSA) is 68.3 Å². The zero-order valence-corrected chi connectivity index (χ0v) is 19.1. The van der Waals surface area contributed by atoms with Crippen molar-refractivity contribution in [2.75, 3.05) is 0 Å². The SMILES string of the molecule is CC(=O)CCc1ccc(C)c2c1CC1CC3CC(C)=C(C(C)=O)C(=O)C3C(C)=C1C2=O. The average molecular weight is 419 g/mol. The zero-order valence-electron chi connectivity index (χ0n) is 19.1. The van der Waals surface area contributed by atoms with Crippen LogP contribution >= 0.6 is 0 Å². The highest BCUT2D eigenvalue weighted by molar-refractivity contribution is 6.22. The summed E-state index contributed by atoms with van der Waals surface area (Å²) in [7, 11) is 0. The van der Waals surface area contributed by atoms with Crippen molar-refractivity contribution in [3.63, 3.8) is 0 Å². The van der Waals surface area contributed by atoms with E-state index >= 15 is 0 Å². The summed E-state index contributed by atoms with van der Waals surface area (Å²) in [4.78, 5) is 50.6. The summed E-state index contributed by atoms with van der Waals surface area (Å²) in [5.74, 6) is -0.212. The van der Waals surface area contributed by atoms with Gasteiger partial charge in [-0.15, -0.1) is 0 Å². The van der Waals surface area contributed by atoms with Gasteiger partial charge in [0.2, 0.25) is 0 Å². The smallest absolute Gasteiger partial charge is 0.189 e. The number of aryl methyl sites for hydroxylation is 2. The molecule has 4 nitrogen and oxygen atoms in total. The molecule has 0 spiro atoms. The van der Waals surface area contributed by atoms with Gasteiger partial charge in [0.1, 0.15) is 5.78 Å². The van der Waals surface area contributed by atoms with E-state index in [1.165, 1.54) is 6.92 Å². The second-order valence-corrected chi connectivity index (χ2v) is 9.68. The molecule has 3 atom stereocenters. The van der Waals surface area contributed by atoms with E-state index in [4.69, 9.17) is 0 Å². The van der Waals surface area contributed by atoms with Crippen LogP contribution in [0, 0.1) is 24.7 Å². The summed E-state index contributed by atoms with van der Waals surface area (Å²) in [6, 6.07) is 4.04. The van der Waals surface area contributed by atoms with Crippen LogP contribution in [0.1, 0.15) is 74.0 Å². The number of hydrogen-bond acceptors (Lipinski definition) is 4. The fraction of sp³-hybridized carbons (Fsp3) is 0.481. The minimum Gasteiger partial charge on any atom is -0.300 e. The third-order valence-corrected chi connectivity index (χ3v) is 7.52. The van der Waals surface area contributed by atoms with Crippen LogP contribution in [0.2, 0.25) is 0 Å². The predicted octanol–water partition coefficient (Wildman–Crippen LogP) is 4.70. The molecule has 0 amide bonds. The number of carbonyl (C=O) groups excluding carboxylic acids is 4. The Labute approximate surface area is 183 Å². The molecule has 0 radical (unpaired) electrons. The van der Waals surface area contributed by atoms with E-state index < -0.39 is 0 Å². The highest BCUT2D eigenvalue weighted by atomic mass is 16.2. The predicted molar refractivity (Wildman–Crippen MR) is 119 cm³/mol. The molecule has 31 heavy (non-hydrogen) atoms. The summed E-state index contributed by atoms with van der Waals surface area (Å²) >= 11 is 0. The Hall–Kier alpha value is -2.62. The molecular weight excluding hydrogens is 388 g/mol. The summed E-state index contributed by atoms with van der Waals surface area (Å²) in [6.07, 6.45) is 3.44. The van der Waals surface area contributed by atoms with E-state index in [1.54, 1.807) is 6.92 Å². The number of Topliss-reactive ketones (excluding diaryl/α,β-unsaturated/α-hetero) is 4. The minimum atomic E-state index is -0.361. The van der Waals surface area contributed by atoms with E-state index in [1.807, 2.05) is 26.8 Å². The van der Waals surface area contributed by atoms with Crippen LogP contribution in [0.25, 0.3) is 0 Å². The van der Waals surface area contributed by atoms with Crippen LogP contribution < -0.4 is 0 Å². The molecule has 3 aliphatic carbocycles. The molecule has 4 heteroatoms. The Morgan fingerprint density at radius 3 is 2.39 bits per heavy atom. The molecule has 3 aliphatic rings. The lowest BCUT2D eigenvalue weighted by molar-refractivity contribution is -0.124. The summed E-state index contributed by atoms with van der Waals surface area (Å²) in [5, 5.41) is 0. The third kappa shape index (κ3) is 3.46. The molecule has 0 N–H and O–H groups in total. The maximum atomic E-state index is 13.7. The normalized spacial score (nSPS) is 25.3. The van der Waals surface area contributed by atoms with Crippen LogP contribution in [-0.2, 0) is 27.2 Å². The van der Waals surface area contributed by atoms with E-state index in [9.17, 15) is 19.2 Å². The zero-order chi connectivity index (χ0) is 22.6. The van der Waals surface area contributed by atoms with E-state index in [-0.39, 0.29) is 40.9 Å². The quantitative estimate of drug-likeness (QED) is 0.665. The number of fused-ring (bicyclic) bond motifs is 3. The Morgan fingerprint density at radius 1 is 1.03 bits per heavy atom. The lowest BCUT2D eigenvalue weighted by Crippen LogP contribution is -2.41. The number of rotatable bonds is 4. The third-order valence-electron chi connectivity index (χ3n) is 7.52. The molecule has 0 fully saturated rings. The Balaban J connectivity index is 1.80. The largest absolute Gasteiger partial charge is 0.300 e. The molecule has 0 saturated heterocycles. The Bertz CT molecular complexity index is 1100. The molecule has 0 saturated carbocycles. The van der Waals surface area contributed by atoms with Crippen LogP contribution in [-0.4, -0.2) is 23.1 Å². The Morgan fingerprint density at radius 2 is 1.74 bits per heavy atom. The lowest BCUT2D eigenvalue weighted by atomic mass is 9.59. The Kier molecular flexibility index (Phi) is 5.45. The summed E-state index contributed by atoms with van der Waals surface area (Å²) in [6.45, 7) is 8.83. The molecule has 162 valence electrons. The van der Waals surface area contributed by atoms with Gasteiger partial charge in [-0.1, -0.05) is 23.3 Å². The van der Waals surface area contributed by atoms with Gasteiger partial charge in [-0.05, 0) is 88.8 Å². The van der Waals surface area contributed by atoms with E-state index in [0.29, 0.717) is 18.4 Å². The van der Waals surface area contributed by atoms with Crippen molar-refractivity contribution in [2.24, 2.45) is 17.8 Å². The molecule has 4 rings (SSSR count). The van der Waals surface area contributed by atoms with Crippen molar-refractivity contribution in [1.82, 2.24) is 0 Å².